The quantitative estimate of drug-likeness (QED) is 0.760. The van der Waals surface area contributed by atoms with Crippen molar-refractivity contribution in [2.24, 2.45) is 0 Å². The van der Waals surface area contributed by atoms with Crippen LogP contribution in [0.2, 0.25) is 0 Å². The highest BCUT2D eigenvalue weighted by molar-refractivity contribution is 8.13. The number of rotatable bonds is 2. The van der Waals surface area contributed by atoms with Gasteiger partial charge in [-0.3, -0.25) is 0 Å². The molecule has 0 bridgehead atoms. The van der Waals surface area contributed by atoms with Gasteiger partial charge in [-0.05, 0) is 18.2 Å². The minimum Gasteiger partial charge on any atom is -0.223 e. The van der Waals surface area contributed by atoms with Crippen LogP contribution in [0.1, 0.15) is 5.56 Å². The minimum absolute atomic E-state index is 0.125. The van der Waals surface area contributed by atoms with Crippen LogP contribution in [0.3, 0.4) is 0 Å². The first-order valence-electron chi connectivity index (χ1n) is 4.36. The lowest BCUT2D eigenvalue weighted by molar-refractivity contribution is 0.609. The number of halogens is 1. The Kier molecular flexibility index (Phi) is 2.83. The molecule has 1 heterocycles. The second-order valence-electron chi connectivity index (χ2n) is 3.07. The van der Waals surface area contributed by atoms with Crippen molar-refractivity contribution in [3.05, 3.63) is 36.4 Å². The monoisotopic (exact) mass is 268 g/mol. The lowest BCUT2D eigenvalue weighted by Gasteiger charge is -2.04. The average Bonchev–Trinajstić information content (AvgIpc) is 2.80. The fourth-order valence-electron chi connectivity index (χ4n) is 1.29. The van der Waals surface area contributed by atoms with Crippen LogP contribution in [0, 0.1) is 11.3 Å². The molecule has 8 heteroatoms. The van der Waals surface area contributed by atoms with E-state index in [-0.39, 0.29) is 10.5 Å². The molecule has 6 nitrogen and oxygen atoms in total. The fourth-order valence-corrected chi connectivity index (χ4v) is 2.07. The Labute approximate surface area is 102 Å². The molecule has 0 atom stereocenters. The largest absolute Gasteiger partial charge is 0.261 e. The van der Waals surface area contributed by atoms with Crippen LogP contribution in [0.15, 0.2) is 35.7 Å². The third-order valence-electron chi connectivity index (χ3n) is 2.04. The number of hydrogen-bond donors (Lipinski definition) is 0. The number of hydrogen-bond acceptors (Lipinski definition) is 5. The highest BCUT2D eigenvalue weighted by atomic mass is 35.7. The summed E-state index contributed by atoms with van der Waals surface area (Å²) in [7, 11) is 1.35. The zero-order valence-corrected chi connectivity index (χ0v) is 9.85. The van der Waals surface area contributed by atoms with Crippen LogP contribution in [0.4, 0.5) is 0 Å². The molecule has 0 N–H and O–H groups in total. The predicted octanol–water partition coefficient (Wildman–Crippen LogP) is 1.07. The molecule has 0 aliphatic carbocycles. The number of aromatic nitrogens is 3. The van der Waals surface area contributed by atoms with Crippen molar-refractivity contribution in [1.29, 1.82) is 5.26 Å². The molecule has 0 radical (unpaired) electrons. The van der Waals surface area contributed by atoms with Crippen molar-refractivity contribution in [2.45, 2.75) is 4.90 Å². The molecule has 0 amide bonds. The van der Waals surface area contributed by atoms with Gasteiger partial charge in [0.25, 0.3) is 9.05 Å². The highest BCUT2D eigenvalue weighted by Gasteiger charge is 2.14. The number of nitrogens with zero attached hydrogens (tertiary/aromatic N) is 4. The molecular formula is C9H5ClN4O2S. The molecular weight excluding hydrogens is 264 g/mol. The van der Waals surface area contributed by atoms with E-state index in [4.69, 9.17) is 15.9 Å². The van der Waals surface area contributed by atoms with Gasteiger partial charge in [0, 0.05) is 10.7 Å². The van der Waals surface area contributed by atoms with Crippen LogP contribution < -0.4 is 0 Å². The van der Waals surface area contributed by atoms with Crippen LogP contribution in [-0.4, -0.2) is 23.2 Å². The molecule has 0 saturated heterocycles. The van der Waals surface area contributed by atoms with Crippen molar-refractivity contribution >= 4 is 19.7 Å². The maximum Gasteiger partial charge on any atom is 0.261 e. The van der Waals surface area contributed by atoms with E-state index in [0.717, 1.165) is 0 Å². The van der Waals surface area contributed by atoms with E-state index in [2.05, 4.69) is 10.1 Å². The van der Waals surface area contributed by atoms with E-state index >= 15 is 0 Å². The molecule has 0 aliphatic heterocycles. The van der Waals surface area contributed by atoms with E-state index in [1.807, 2.05) is 6.07 Å². The van der Waals surface area contributed by atoms with Gasteiger partial charge in [-0.2, -0.15) is 10.4 Å². The topological polar surface area (TPSA) is 88.6 Å². The molecule has 86 valence electrons. The Balaban J connectivity index is 2.63. The first kappa shape index (κ1) is 11.6. The SMILES string of the molecule is N#Cc1cc(S(=O)(=O)Cl)ccc1-n1cncn1. The number of nitriles is 1. The van der Waals surface area contributed by atoms with Gasteiger partial charge in [0.15, 0.2) is 0 Å². The molecule has 0 aliphatic rings. The Morgan fingerprint density at radius 2 is 2.18 bits per heavy atom. The average molecular weight is 269 g/mol. The van der Waals surface area contributed by atoms with E-state index in [0.29, 0.717) is 5.69 Å². The predicted molar refractivity (Wildman–Crippen MR) is 59.1 cm³/mol. The smallest absolute Gasteiger partial charge is 0.223 e. The Morgan fingerprint density at radius 1 is 1.41 bits per heavy atom. The molecule has 17 heavy (non-hydrogen) atoms. The van der Waals surface area contributed by atoms with Gasteiger partial charge in [-0.25, -0.2) is 18.1 Å². The van der Waals surface area contributed by atoms with E-state index in [9.17, 15) is 8.42 Å². The van der Waals surface area contributed by atoms with Crippen LogP contribution in [0.5, 0.6) is 0 Å². The summed E-state index contributed by atoms with van der Waals surface area (Å²) in [5, 5.41) is 12.8. The lowest BCUT2D eigenvalue weighted by atomic mass is 10.2. The summed E-state index contributed by atoms with van der Waals surface area (Å²) >= 11 is 0. The molecule has 1 aromatic heterocycles. The summed E-state index contributed by atoms with van der Waals surface area (Å²) in [4.78, 5) is 3.62. The molecule has 2 rings (SSSR count). The molecule has 0 saturated carbocycles. The van der Waals surface area contributed by atoms with Gasteiger partial charge in [0.05, 0.1) is 16.1 Å². The molecule has 0 unspecified atom stereocenters. The van der Waals surface area contributed by atoms with E-state index in [1.54, 1.807) is 0 Å². The maximum atomic E-state index is 11.1. The first-order valence-corrected chi connectivity index (χ1v) is 6.67. The zero-order valence-electron chi connectivity index (χ0n) is 8.28. The third-order valence-corrected chi connectivity index (χ3v) is 3.39. The minimum atomic E-state index is -3.85. The van der Waals surface area contributed by atoms with Gasteiger partial charge in [0.1, 0.15) is 18.7 Å². The van der Waals surface area contributed by atoms with E-state index < -0.39 is 9.05 Å². The van der Waals surface area contributed by atoms with Crippen LogP contribution in [-0.2, 0) is 9.05 Å². The Hall–Kier alpha value is -1.91. The zero-order chi connectivity index (χ0) is 12.5. The van der Waals surface area contributed by atoms with Crippen molar-refractivity contribution in [2.75, 3.05) is 0 Å². The summed E-state index contributed by atoms with van der Waals surface area (Å²) < 4.78 is 23.6. The normalized spacial score (nSPS) is 11.1. The van der Waals surface area contributed by atoms with Crippen molar-refractivity contribution in [1.82, 2.24) is 14.8 Å². The second-order valence-corrected chi connectivity index (χ2v) is 5.63. The highest BCUT2D eigenvalue weighted by Crippen LogP contribution is 2.20. The van der Waals surface area contributed by atoms with Gasteiger partial charge in [0.2, 0.25) is 0 Å². The standard InChI is InChI=1S/C9H5ClN4O2S/c10-17(15,16)8-1-2-9(7(3-8)4-11)14-6-12-5-13-14/h1-3,5-6H. The van der Waals surface area contributed by atoms with Gasteiger partial charge < -0.3 is 0 Å². The molecule has 0 fully saturated rings. The summed E-state index contributed by atoms with van der Waals surface area (Å²) in [6.07, 6.45) is 2.72. The van der Waals surface area contributed by atoms with Crippen molar-refractivity contribution < 1.29 is 8.42 Å². The molecule has 2 aromatic rings. The lowest BCUT2D eigenvalue weighted by Crippen LogP contribution is -2.00. The second kappa shape index (κ2) is 4.16. The van der Waals surface area contributed by atoms with Crippen molar-refractivity contribution in [3.63, 3.8) is 0 Å². The van der Waals surface area contributed by atoms with Crippen LogP contribution in [0.25, 0.3) is 5.69 Å². The van der Waals surface area contributed by atoms with Gasteiger partial charge in [-0.15, -0.1) is 0 Å². The molecule has 1 aromatic carbocycles. The number of benzene rings is 1. The summed E-state index contributed by atoms with van der Waals surface area (Å²) in [5.74, 6) is 0. The maximum absolute atomic E-state index is 11.1. The summed E-state index contributed by atoms with van der Waals surface area (Å²) in [5.41, 5.74) is 0.589. The summed E-state index contributed by atoms with van der Waals surface area (Å²) in [6.45, 7) is 0. The van der Waals surface area contributed by atoms with Gasteiger partial charge >= 0.3 is 0 Å². The Morgan fingerprint density at radius 3 is 2.71 bits per heavy atom. The molecule has 0 spiro atoms. The van der Waals surface area contributed by atoms with Crippen molar-refractivity contribution in [3.8, 4) is 11.8 Å². The third kappa shape index (κ3) is 2.27. The Bertz CT molecular complexity index is 688. The van der Waals surface area contributed by atoms with Crippen LogP contribution >= 0.6 is 10.7 Å². The van der Waals surface area contributed by atoms with E-state index in [1.165, 1.54) is 35.5 Å². The summed E-state index contributed by atoms with van der Waals surface area (Å²) in [6, 6.07) is 5.83. The van der Waals surface area contributed by atoms with Gasteiger partial charge in [-0.1, -0.05) is 0 Å². The first-order chi connectivity index (χ1) is 8.02. The fraction of sp³-hybridized carbons (Fsp3) is 0.